The zero-order valence-corrected chi connectivity index (χ0v) is 22.0. The molecule has 8 aromatic rings. The number of benzene rings is 7. The molecule has 0 spiro atoms. The average Bonchev–Trinajstić information content (AvgIpc) is 3.34. The van der Waals surface area contributed by atoms with Gasteiger partial charge in [0.25, 0.3) is 0 Å². The van der Waals surface area contributed by atoms with E-state index < -0.39 is 0 Å². The molecule has 1 aromatic heterocycles. The second-order valence-corrected chi connectivity index (χ2v) is 10.8. The lowest BCUT2D eigenvalue weighted by atomic mass is 9.91. The van der Waals surface area contributed by atoms with Crippen molar-refractivity contribution in [1.82, 2.24) is 0 Å². The molecule has 0 aliphatic carbocycles. The van der Waals surface area contributed by atoms with Gasteiger partial charge in [0.1, 0.15) is 11.2 Å². The average molecular weight is 549 g/mol. The van der Waals surface area contributed by atoms with Crippen LogP contribution in [0.3, 0.4) is 0 Å². The van der Waals surface area contributed by atoms with Crippen LogP contribution >= 0.6 is 15.9 Å². The minimum Gasteiger partial charge on any atom is -0.456 e. The van der Waals surface area contributed by atoms with Crippen molar-refractivity contribution in [2.45, 2.75) is 0 Å². The quantitative estimate of drug-likeness (QED) is 0.196. The summed E-state index contributed by atoms with van der Waals surface area (Å²) in [4.78, 5) is 0. The van der Waals surface area contributed by atoms with Gasteiger partial charge in [-0.1, -0.05) is 101 Å². The standard InChI is InChI=1S/C36H21BrO/c37-26-14-16-32-34-20-25(13-17-35(34)38-36(32)21-26)23-7-5-6-22(18-23)24-12-15-31-29-10-2-1-8-27(29)28-9-3-4-11-30(28)33(31)19-24/h1-21H. The first kappa shape index (κ1) is 21.7. The van der Waals surface area contributed by atoms with Gasteiger partial charge in [-0.05, 0) is 97.0 Å². The Bertz CT molecular complexity index is 2170. The lowest BCUT2D eigenvalue weighted by molar-refractivity contribution is 0.668. The summed E-state index contributed by atoms with van der Waals surface area (Å²) in [6, 6.07) is 45.9. The van der Waals surface area contributed by atoms with E-state index in [2.05, 4.69) is 137 Å². The van der Waals surface area contributed by atoms with Gasteiger partial charge in [0.05, 0.1) is 0 Å². The maximum Gasteiger partial charge on any atom is 0.136 e. The Hall–Kier alpha value is -4.40. The summed E-state index contributed by atoms with van der Waals surface area (Å²) in [7, 11) is 0. The van der Waals surface area contributed by atoms with E-state index in [-0.39, 0.29) is 0 Å². The Balaban J connectivity index is 1.30. The highest BCUT2D eigenvalue weighted by Gasteiger charge is 2.12. The molecule has 0 fully saturated rings. The summed E-state index contributed by atoms with van der Waals surface area (Å²) in [5, 5.41) is 10.1. The molecule has 0 saturated carbocycles. The van der Waals surface area contributed by atoms with E-state index in [1.54, 1.807) is 0 Å². The fourth-order valence-electron chi connectivity index (χ4n) is 5.90. The van der Waals surface area contributed by atoms with Crippen LogP contribution in [0.4, 0.5) is 0 Å². The molecule has 8 rings (SSSR count). The summed E-state index contributed by atoms with van der Waals surface area (Å²) in [6.07, 6.45) is 0. The van der Waals surface area contributed by atoms with Gasteiger partial charge in [0, 0.05) is 15.2 Å². The van der Waals surface area contributed by atoms with Crippen LogP contribution in [0.25, 0.3) is 76.5 Å². The second-order valence-electron chi connectivity index (χ2n) is 9.89. The number of rotatable bonds is 2. The molecule has 0 aliphatic rings. The summed E-state index contributed by atoms with van der Waals surface area (Å²) in [5.41, 5.74) is 6.62. The van der Waals surface area contributed by atoms with E-state index in [4.69, 9.17) is 4.42 Å². The van der Waals surface area contributed by atoms with Crippen LogP contribution in [-0.2, 0) is 0 Å². The van der Waals surface area contributed by atoms with Gasteiger partial charge in [0.2, 0.25) is 0 Å². The van der Waals surface area contributed by atoms with E-state index in [1.165, 1.54) is 54.6 Å². The normalized spacial score (nSPS) is 11.8. The highest BCUT2D eigenvalue weighted by atomic mass is 79.9. The second kappa shape index (κ2) is 8.31. The summed E-state index contributed by atoms with van der Waals surface area (Å²) >= 11 is 3.55. The molecule has 0 bridgehead atoms. The van der Waals surface area contributed by atoms with Crippen LogP contribution in [-0.4, -0.2) is 0 Å². The van der Waals surface area contributed by atoms with Crippen LogP contribution in [0.2, 0.25) is 0 Å². The van der Waals surface area contributed by atoms with Crippen molar-refractivity contribution >= 4 is 70.2 Å². The highest BCUT2D eigenvalue weighted by Crippen LogP contribution is 2.38. The van der Waals surface area contributed by atoms with Gasteiger partial charge in [-0.25, -0.2) is 0 Å². The number of hydrogen-bond donors (Lipinski definition) is 0. The predicted octanol–water partition coefficient (Wildman–Crippen LogP) is 11.1. The Labute approximate surface area is 228 Å². The van der Waals surface area contributed by atoms with Crippen molar-refractivity contribution in [3.05, 3.63) is 132 Å². The van der Waals surface area contributed by atoms with Gasteiger partial charge in [-0.3, -0.25) is 0 Å². The third kappa shape index (κ3) is 3.31. The minimum absolute atomic E-state index is 0.899. The molecule has 2 heteroatoms. The topological polar surface area (TPSA) is 13.1 Å². The fourth-order valence-corrected chi connectivity index (χ4v) is 6.24. The Kier molecular flexibility index (Phi) is 4.74. The molecular formula is C36H21BrO. The zero-order valence-electron chi connectivity index (χ0n) is 20.4. The van der Waals surface area contributed by atoms with Gasteiger partial charge >= 0.3 is 0 Å². The molecule has 7 aromatic carbocycles. The molecule has 0 N–H and O–H groups in total. The molecule has 1 heterocycles. The monoisotopic (exact) mass is 548 g/mol. The van der Waals surface area contributed by atoms with Crippen molar-refractivity contribution in [3.8, 4) is 22.3 Å². The van der Waals surface area contributed by atoms with E-state index >= 15 is 0 Å². The Morgan fingerprint density at radius 3 is 1.55 bits per heavy atom. The van der Waals surface area contributed by atoms with E-state index in [1.807, 2.05) is 6.07 Å². The van der Waals surface area contributed by atoms with E-state index in [0.717, 1.165) is 26.4 Å². The maximum absolute atomic E-state index is 6.09. The first-order valence-electron chi connectivity index (χ1n) is 12.8. The SMILES string of the molecule is Brc1ccc2c(c1)oc1ccc(-c3cccc(-c4ccc5c6ccccc6c6ccccc6c5c4)c3)cc12. The molecule has 0 unspecified atom stereocenters. The van der Waals surface area contributed by atoms with Gasteiger partial charge in [0.15, 0.2) is 0 Å². The fraction of sp³-hybridized carbons (Fsp3) is 0. The summed E-state index contributed by atoms with van der Waals surface area (Å²) in [6.45, 7) is 0. The lowest BCUT2D eigenvalue weighted by Crippen LogP contribution is -1.85. The van der Waals surface area contributed by atoms with Gasteiger partial charge in [-0.15, -0.1) is 0 Å². The van der Waals surface area contributed by atoms with Crippen LogP contribution < -0.4 is 0 Å². The molecule has 38 heavy (non-hydrogen) atoms. The van der Waals surface area contributed by atoms with Crippen molar-refractivity contribution in [1.29, 1.82) is 0 Å². The van der Waals surface area contributed by atoms with Crippen LogP contribution in [0.5, 0.6) is 0 Å². The first-order valence-corrected chi connectivity index (χ1v) is 13.6. The number of furan rings is 1. The zero-order chi connectivity index (χ0) is 25.2. The van der Waals surface area contributed by atoms with Crippen LogP contribution in [0, 0.1) is 0 Å². The molecule has 1 nitrogen and oxygen atoms in total. The molecule has 0 radical (unpaired) electrons. The highest BCUT2D eigenvalue weighted by molar-refractivity contribution is 9.10. The van der Waals surface area contributed by atoms with E-state index in [0.29, 0.717) is 0 Å². The Morgan fingerprint density at radius 2 is 0.868 bits per heavy atom. The van der Waals surface area contributed by atoms with Crippen LogP contribution in [0.15, 0.2) is 136 Å². The van der Waals surface area contributed by atoms with E-state index in [9.17, 15) is 0 Å². The Morgan fingerprint density at radius 1 is 0.342 bits per heavy atom. The molecule has 0 atom stereocenters. The predicted molar refractivity (Wildman–Crippen MR) is 165 cm³/mol. The van der Waals surface area contributed by atoms with Crippen molar-refractivity contribution in [2.24, 2.45) is 0 Å². The maximum atomic E-state index is 6.09. The van der Waals surface area contributed by atoms with Crippen molar-refractivity contribution in [2.75, 3.05) is 0 Å². The minimum atomic E-state index is 0.899. The molecule has 178 valence electrons. The molecule has 0 aliphatic heterocycles. The third-order valence-electron chi connectivity index (χ3n) is 7.71. The largest absolute Gasteiger partial charge is 0.456 e. The van der Waals surface area contributed by atoms with Crippen LogP contribution in [0.1, 0.15) is 0 Å². The molecule has 0 saturated heterocycles. The first-order chi connectivity index (χ1) is 18.7. The van der Waals surface area contributed by atoms with Gasteiger partial charge in [-0.2, -0.15) is 0 Å². The smallest absolute Gasteiger partial charge is 0.136 e. The van der Waals surface area contributed by atoms with Gasteiger partial charge < -0.3 is 4.42 Å². The number of halogens is 1. The van der Waals surface area contributed by atoms with Crippen molar-refractivity contribution in [3.63, 3.8) is 0 Å². The summed E-state index contributed by atoms with van der Waals surface area (Å²) in [5.74, 6) is 0. The molecular weight excluding hydrogens is 528 g/mol. The summed E-state index contributed by atoms with van der Waals surface area (Å²) < 4.78 is 7.12. The lowest BCUT2D eigenvalue weighted by Gasteiger charge is -2.12. The third-order valence-corrected chi connectivity index (χ3v) is 8.20. The molecule has 0 amide bonds. The number of fused-ring (bicyclic) bond motifs is 9. The number of hydrogen-bond acceptors (Lipinski definition) is 1. The van der Waals surface area contributed by atoms with Crippen molar-refractivity contribution < 1.29 is 4.42 Å².